The van der Waals surface area contributed by atoms with Crippen LogP contribution in [0.2, 0.25) is 0 Å². The minimum absolute atomic E-state index is 0.0880. The summed E-state index contributed by atoms with van der Waals surface area (Å²) in [6.45, 7) is 5.70. The lowest BCUT2D eigenvalue weighted by Crippen LogP contribution is -2.23. The number of anilines is 3. The summed E-state index contributed by atoms with van der Waals surface area (Å²) in [5, 5.41) is 15.0. The quantitative estimate of drug-likeness (QED) is 0.489. The molecule has 0 bridgehead atoms. The first-order chi connectivity index (χ1) is 15.3. The highest BCUT2D eigenvalue weighted by Gasteiger charge is 2.16. The van der Waals surface area contributed by atoms with Gasteiger partial charge in [-0.1, -0.05) is 43.7 Å². The maximum atomic E-state index is 12.4. The largest absolute Gasteiger partial charge is 0.326 e. The Morgan fingerprint density at radius 2 is 1.69 bits per heavy atom. The summed E-state index contributed by atoms with van der Waals surface area (Å²) >= 11 is 0. The van der Waals surface area contributed by atoms with Gasteiger partial charge in [0.1, 0.15) is 11.6 Å². The highest BCUT2D eigenvalue weighted by molar-refractivity contribution is 6.40. The van der Waals surface area contributed by atoms with Gasteiger partial charge in [-0.3, -0.25) is 19.4 Å². The standard InChI is InChI=1S/C24H23N5O3/c1-14(2)12-20(30)23(32)26-17-10-6-16(7-11-17)21-19(13-25)22(31)29-24(28-21)27-18-8-4-15(3)5-9-18/h4-11,14H,12H2,1-3H3,(H,26,32)(H2,27,28,29,31). The molecule has 0 radical (unpaired) electrons. The summed E-state index contributed by atoms with van der Waals surface area (Å²) in [6.07, 6.45) is 0.170. The number of aromatic nitrogens is 2. The minimum atomic E-state index is -0.678. The zero-order valence-electron chi connectivity index (χ0n) is 18.0. The van der Waals surface area contributed by atoms with Crippen molar-refractivity contribution < 1.29 is 9.59 Å². The van der Waals surface area contributed by atoms with Crippen LogP contribution in [0.25, 0.3) is 11.3 Å². The molecule has 3 N–H and O–H groups in total. The number of amides is 1. The van der Waals surface area contributed by atoms with Gasteiger partial charge in [-0.15, -0.1) is 0 Å². The van der Waals surface area contributed by atoms with Crippen LogP contribution in [0.5, 0.6) is 0 Å². The van der Waals surface area contributed by atoms with Crippen LogP contribution in [-0.2, 0) is 9.59 Å². The lowest BCUT2D eigenvalue weighted by Gasteiger charge is -2.10. The minimum Gasteiger partial charge on any atom is -0.326 e. The number of ketones is 1. The van der Waals surface area contributed by atoms with E-state index in [9.17, 15) is 19.6 Å². The number of carbonyl (C=O) groups is 2. The molecule has 8 heteroatoms. The average Bonchev–Trinajstić information content (AvgIpc) is 2.75. The molecule has 0 spiro atoms. The molecule has 0 aliphatic heterocycles. The van der Waals surface area contributed by atoms with Crippen molar-refractivity contribution in [3.63, 3.8) is 0 Å². The number of nitriles is 1. The topological polar surface area (TPSA) is 128 Å². The molecule has 0 saturated carbocycles. The van der Waals surface area contributed by atoms with Crippen molar-refractivity contribution in [3.8, 4) is 17.3 Å². The fourth-order valence-corrected chi connectivity index (χ4v) is 2.99. The molecule has 3 aromatic rings. The second-order valence-electron chi connectivity index (χ2n) is 7.79. The fourth-order valence-electron chi connectivity index (χ4n) is 2.99. The van der Waals surface area contributed by atoms with E-state index < -0.39 is 17.2 Å². The van der Waals surface area contributed by atoms with Crippen molar-refractivity contribution in [1.82, 2.24) is 9.97 Å². The van der Waals surface area contributed by atoms with E-state index in [1.54, 1.807) is 24.3 Å². The number of Topliss-reactive ketones (excluding diaryl/α,β-unsaturated/α-hetero) is 1. The number of hydrogen-bond acceptors (Lipinski definition) is 6. The van der Waals surface area contributed by atoms with Crippen LogP contribution in [0, 0.1) is 24.2 Å². The molecule has 0 atom stereocenters. The van der Waals surface area contributed by atoms with Gasteiger partial charge in [-0.25, -0.2) is 4.98 Å². The SMILES string of the molecule is Cc1ccc(Nc2nc(-c3ccc(NC(=O)C(=O)CC(C)C)cc3)c(C#N)c(=O)[nH]2)cc1. The zero-order chi connectivity index (χ0) is 23.3. The lowest BCUT2D eigenvalue weighted by molar-refractivity contribution is -0.135. The second kappa shape index (κ2) is 9.71. The summed E-state index contributed by atoms with van der Waals surface area (Å²) in [6, 6.07) is 15.9. The molecule has 3 rings (SSSR count). The molecule has 2 aromatic carbocycles. The molecule has 0 aliphatic rings. The molecule has 0 fully saturated rings. The molecular weight excluding hydrogens is 406 g/mol. The van der Waals surface area contributed by atoms with Crippen LogP contribution in [0.15, 0.2) is 53.3 Å². The van der Waals surface area contributed by atoms with Gasteiger partial charge in [0, 0.05) is 23.4 Å². The number of nitrogens with one attached hydrogen (secondary N) is 3. The Hall–Kier alpha value is -4.25. The molecule has 1 heterocycles. The Labute approximate surface area is 185 Å². The van der Waals surface area contributed by atoms with E-state index in [2.05, 4.69) is 20.6 Å². The van der Waals surface area contributed by atoms with E-state index in [0.717, 1.165) is 11.3 Å². The van der Waals surface area contributed by atoms with E-state index in [-0.39, 0.29) is 29.5 Å². The zero-order valence-corrected chi connectivity index (χ0v) is 18.0. The molecule has 0 aliphatic carbocycles. The third-order valence-corrected chi connectivity index (χ3v) is 4.61. The van der Waals surface area contributed by atoms with Crippen molar-refractivity contribution in [1.29, 1.82) is 5.26 Å². The van der Waals surface area contributed by atoms with Crippen LogP contribution in [-0.4, -0.2) is 21.7 Å². The highest BCUT2D eigenvalue weighted by atomic mass is 16.2. The Balaban J connectivity index is 1.86. The summed E-state index contributed by atoms with van der Waals surface area (Å²) in [5.74, 6) is -0.878. The van der Waals surface area contributed by atoms with Gasteiger partial charge >= 0.3 is 0 Å². The first-order valence-corrected chi connectivity index (χ1v) is 10.1. The number of aromatic amines is 1. The summed E-state index contributed by atoms with van der Waals surface area (Å²) in [7, 11) is 0. The maximum absolute atomic E-state index is 12.4. The Morgan fingerprint density at radius 3 is 2.28 bits per heavy atom. The lowest BCUT2D eigenvalue weighted by atomic mass is 10.1. The maximum Gasteiger partial charge on any atom is 0.291 e. The highest BCUT2D eigenvalue weighted by Crippen LogP contribution is 2.23. The van der Waals surface area contributed by atoms with E-state index in [0.29, 0.717) is 11.3 Å². The molecule has 1 aromatic heterocycles. The van der Waals surface area contributed by atoms with Crippen LogP contribution in [0.3, 0.4) is 0 Å². The first-order valence-electron chi connectivity index (χ1n) is 10.1. The number of nitrogens with zero attached hydrogens (tertiary/aromatic N) is 2. The van der Waals surface area contributed by atoms with E-state index in [4.69, 9.17) is 0 Å². The van der Waals surface area contributed by atoms with Gasteiger partial charge in [0.15, 0.2) is 0 Å². The van der Waals surface area contributed by atoms with E-state index in [1.165, 1.54) is 0 Å². The Morgan fingerprint density at radius 1 is 1.06 bits per heavy atom. The van der Waals surface area contributed by atoms with Gasteiger partial charge in [0.05, 0.1) is 5.69 Å². The molecule has 0 unspecified atom stereocenters. The monoisotopic (exact) mass is 429 g/mol. The Bertz CT molecular complexity index is 1240. The average molecular weight is 429 g/mol. The number of rotatable bonds is 7. The van der Waals surface area contributed by atoms with Crippen LogP contribution >= 0.6 is 0 Å². The number of benzene rings is 2. The molecule has 0 saturated heterocycles. The molecular formula is C24H23N5O3. The smallest absolute Gasteiger partial charge is 0.291 e. The van der Waals surface area contributed by atoms with Gasteiger partial charge < -0.3 is 10.6 Å². The van der Waals surface area contributed by atoms with Gasteiger partial charge in [-0.05, 0) is 37.1 Å². The predicted octanol–water partition coefficient (Wildman–Crippen LogP) is 3.91. The van der Waals surface area contributed by atoms with E-state index >= 15 is 0 Å². The predicted molar refractivity (Wildman–Crippen MR) is 123 cm³/mol. The van der Waals surface area contributed by atoms with Crippen molar-refractivity contribution >= 4 is 29.0 Å². The third kappa shape index (κ3) is 5.46. The van der Waals surface area contributed by atoms with E-state index in [1.807, 2.05) is 51.1 Å². The number of aryl methyl sites for hydroxylation is 1. The number of hydrogen-bond donors (Lipinski definition) is 3. The molecule has 8 nitrogen and oxygen atoms in total. The van der Waals surface area contributed by atoms with Crippen molar-refractivity contribution in [2.24, 2.45) is 5.92 Å². The van der Waals surface area contributed by atoms with Crippen molar-refractivity contribution in [2.45, 2.75) is 27.2 Å². The molecule has 162 valence electrons. The summed E-state index contributed by atoms with van der Waals surface area (Å²) in [5.41, 5.74) is 2.30. The van der Waals surface area contributed by atoms with Gasteiger partial charge in [0.25, 0.3) is 11.5 Å². The molecule has 1 amide bonds. The first kappa shape index (κ1) is 22.4. The van der Waals surface area contributed by atoms with Crippen LogP contribution in [0.4, 0.5) is 17.3 Å². The normalized spacial score (nSPS) is 10.5. The summed E-state index contributed by atoms with van der Waals surface area (Å²) in [4.78, 5) is 43.3. The van der Waals surface area contributed by atoms with Crippen molar-refractivity contribution in [2.75, 3.05) is 10.6 Å². The summed E-state index contributed by atoms with van der Waals surface area (Å²) < 4.78 is 0. The Kier molecular flexibility index (Phi) is 6.80. The van der Waals surface area contributed by atoms with Gasteiger partial charge in [0.2, 0.25) is 11.7 Å². The fraction of sp³-hybridized carbons (Fsp3) is 0.208. The van der Waals surface area contributed by atoms with Gasteiger partial charge in [-0.2, -0.15) is 5.26 Å². The van der Waals surface area contributed by atoms with Crippen molar-refractivity contribution in [3.05, 3.63) is 70.0 Å². The second-order valence-corrected chi connectivity index (χ2v) is 7.79. The number of carbonyl (C=O) groups excluding carboxylic acids is 2. The van der Waals surface area contributed by atoms with Crippen LogP contribution in [0.1, 0.15) is 31.4 Å². The third-order valence-electron chi connectivity index (χ3n) is 4.61. The number of H-pyrrole nitrogens is 1. The molecule has 32 heavy (non-hydrogen) atoms. The van der Waals surface area contributed by atoms with Crippen LogP contribution < -0.4 is 16.2 Å².